The number of hydrogen-bond acceptors (Lipinski definition) is 3. The van der Waals surface area contributed by atoms with Crippen molar-refractivity contribution < 1.29 is 0 Å². The van der Waals surface area contributed by atoms with Crippen LogP contribution in [0.2, 0.25) is 0 Å². The Balaban J connectivity index is 2.17. The van der Waals surface area contributed by atoms with Gasteiger partial charge in [-0.25, -0.2) is 4.98 Å². The van der Waals surface area contributed by atoms with E-state index in [0.29, 0.717) is 0 Å². The number of nitrogens with one attached hydrogen (secondary N) is 1. The molecule has 2 aromatic rings. The lowest BCUT2D eigenvalue weighted by atomic mass is 10.1. The normalized spacial score (nSPS) is 12.0. The van der Waals surface area contributed by atoms with Gasteiger partial charge in [0.05, 0.1) is 23.9 Å². The maximum atomic E-state index is 4.19. The van der Waals surface area contributed by atoms with Gasteiger partial charge in [-0.1, -0.05) is 0 Å². The lowest BCUT2D eigenvalue weighted by molar-refractivity contribution is 0.419. The molecule has 0 aliphatic carbocycles. The summed E-state index contributed by atoms with van der Waals surface area (Å²) in [6.45, 7) is 7.24. The summed E-state index contributed by atoms with van der Waals surface area (Å²) < 4.78 is 3.84. The number of nitrogens with zero attached hydrogens (tertiary/aromatic N) is 4. The van der Waals surface area contributed by atoms with Gasteiger partial charge >= 0.3 is 0 Å². The van der Waals surface area contributed by atoms with Gasteiger partial charge in [-0.05, 0) is 20.8 Å². The highest BCUT2D eigenvalue weighted by Crippen LogP contribution is 2.11. The van der Waals surface area contributed by atoms with E-state index in [1.807, 2.05) is 36.5 Å². The molecule has 0 aromatic carbocycles. The van der Waals surface area contributed by atoms with Crippen LogP contribution in [0.4, 0.5) is 0 Å². The van der Waals surface area contributed by atoms with Crippen molar-refractivity contribution >= 4 is 0 Å². The van der Waals surface area contributed by atoms with Crippen LogP contribution < -0.4 is 5.32 Å². The van der Waals surface area contributed by atoms with Crippen LogP contribution in [0.1, 0.15) is 26.5 Å². The molecule has 1 N–H and O–H groups in total. The number of aromatic nitrogens is 4. The van der Waals surface area contributed by atoms with Crippen LogP contribution in [0.5, 0.6) is 0 Å². The van der Waals surface area contributed by atoms with Crippen molar-refractivity contribution in [1.29, 1.82) is 0 Å². The summed E-state index contributed by atoms with van der Waals surface area (Å²) in [7, 11) is 1.91. The minimum Gasteiger partial charge on any atom is -0.306 e. The molecule has 0 bridgehead atoms. The maximum Gasteiger partial charge on any atom is 0.0995 e. The maximum absolute atomic E-state index is 4.19. The minimum absolute atomic E-state index is 0.101. The Bertz CT molecular complexity index is 489. The first-order valence-corrected chi connectivity index (χ1v) is 5.71. The fraction of sp³-hybridized carbons (Fsp3) is 0.500. The van der Waals surface area contributed by atoms with Crippen LogP contribution in [0.3, 0.4) is 0 Å². The smallest absolute Gasteiger partial charge is 0.0995 e. The van der Waals surface area contributed by atoms with Gasteiger partial charge in [-0.15, -0.1) is 0 Å². The van der Waals surface area contributed by atoms with Crippen LogP contribution in [0.15, 0.2) is 24.9 Å². The third-order valence-corrected chi connectivity index (χ3v) is 2.48. The van der Waals surface area contributed by atoms with Crippen LogP contribution in [-0.4, -0.2) is 24.9 Å². The van der Waals surface area contributed by atoms with Gasteiger partial charge < -0.3 is 5.32 Å². The number of hydrogen-bond donors (Lipinski definition) is 1. The second-order valence-corrected chi connectivity index (χ2v) is 5.23. The monoisotopic (exact) mass is 233 g/mol. The highest BCUT2D eigenvalue weighted by Gasteiger charge is 2.11. The molecule has 0 atom stereocenters. The molecule has 0 saturated carbocycles. The molecule has 0 radical (unpaired) electrons. The molecule has 2 rings (SSSR count). The van der Waals surface area contributed by atoms with Crippen LogP contribution >= 0.6 is 0 Å². The number of aryl methyl sites for hydroxylation is 1. The van der Waals surface area contributed by atoms with Crippen molar-refractivity contribution in [2.75, 3.05) is 0 Å². The zero-order valence-corrected chi connectivity index (χ0v) is 10.8. The average molecular weight is 233 g/mol. The molecule has 17 heavy (non-hydrogen) atoms. The zero-order chi connectivity index (χ0) is 12.5. The predicted octanol–water partition coefficient (Wildman–Crippen LogP) is 1.49. The first kappa shape index (κ1) is 11.9. The second-order valence-electron chi connectivity index (χ2n) is 5.23. The fourth-order valence-electron chi connectivity index (χ4n) is 1.57. The van der Waals surface area contributed by atoms with Gasteiger partial charge in [0.1, 0.15) is 0 Å². The van der Waals surface area contributed by atoms with Crippen LogP contribution in [0.25, 0.3) is 5.69 Å². The first-order chi connectivity index (χ1) is 7.96. The Morgan fingerprint density at radius 3 is 2.65 bits per heavy atom. The number of imidazole rings is 1. The van der Waals surface area contributed by atoms with Gasteiger partial charge in [-0.3, -0.25) is 9.25 Å². The fourth-order valence-corrected chi connectivity index (χ4v) is 1.57. The highest BCUT2D eigenvalue weighted by molar-refractivity contribution is 5.28. The van der Waals surface area contributed by atoms with Gasteiger partial charge in [0.2, 0.25) is 0 Å². The third-order valence-electron chi connectivity index (χ3n) is 2.48. The van der Waals surface area contributed by atoms with E-state index in [1.54, 1.807) is 4.68 Å². The second kappa shape index (κ2) is 4.33. The quantitative estimate of drug-likeness (QED) is 0.874. The van der Waals surface area contributed by atoms with E-state index in [1.165, 1.54) is 0 Å². The molecule has 0 aliphatic heterocycles. The number of rotatable bonds is 3. The molecular weight excluding hydrogens is 214 g/mol. The van der Waals surface area contributed by atoms with E-state index in [0.717, 1.165) is 17.9 Å². The first-order valence-electron chi connectivity index (χ1n) is 5.71. The standard InChI is InChI=1S/C12H19N5/c1-12(2,3)14-6-10-5-13-9-17(10)11-7-15-16(4)8-11/h5,7-9,14H,6H2,1-4H3. The Morgan fingerprint density at radius 2 is 2.06 bits per heavy atom. The molecule has 0 fully saturated rings. The van der Waals surface area contributed by atoms with E-state index in [4.69, 9.17) is 0 Å². The highest BCUT2D eigenvalue weighted by atomic mass is 15.3. The summed E-state index contributed by atoms with van der Waals surface area (Å²) >= 11 is 0. The summed E-state index contributed by atoms with van der Waals surface area (Å²) in [6.07, 6.45) is 7.51. The lowest BCUT2D eigenvalue weighted by Gasteiger charge is -2.20. The summed E-state index contributed by atoms with van der Waals surface area (Å²) in [5.41, 5.74) is 2.27. The Hall–Kier alpha value is -1.62. The van der Waals surface area contributed by atoms with Gasteiger partial charge in [0.15, 0.2) is 0 Å². The topological polar surface area (TPSA) is 47.7 Å². The molecule has 0 saturated heterocycles. The van der Waals surface area contributed by atoms with Crippen molar-refractivity contribution in [1.82, 2.24) is 24.6 Å². The van der Waals surface area contributed by atoms with Crippen LogP contribution in [0, 0.1) is 0 Å². The summed E-state index contributed by atoms with van der Waals surface area (Å²) in [5, 5.41) is 7.62. The van der Waals surface area contributed by atoms with Crippen molar-refractivity contribution in [3.63, 3.8) is 0 Å². The van der Waals surface area contributed by atoms with Crippen molar-refractivity contribution in [3.05, 3.63) is 30.6 Å². The average Bonchev–Trinajstić information content (AvgIpc) is 2.81. The molecule has 92 valence electrons. The van der Waals surface area contributed by atoms with Gasteiger partial charge in [-0.2, -0.15) is 5.10 Å². The largest absolute Gasteiger partial charge is 0.306 e. The molecule has 5 heteroatoms. The van der Waals surface area contributed by atoms with Crippen LogP contribution in [-0.2, 0) is 13.6 Å². The summed E-state index contributed by atoms with van der Waals surface area (Å²) in [6, 6.07) is 0. The summed E-state index contributed by atoms with van der Waals surface area (Å²) in [4.78, 5) is 4.19. The molecule has 0 aliphatic rings. The van der Waals surface area contributed by atoms with E-state index >= 15 is 0 Å². The molecule has 5 nitrogen and oxygen atoms in total. The Labute approximate surface area is 101 Å². The van der Waals surface area contributed by atoms with Crippen molar-refractivity contribution in [3.8, 4) is 5.69 Å². The Morgan fingerprint density at radius 1 is 1.29 bits per heavy atom. The molecule has 0 unspecified atom stereocenters. The zero-order valence-electron chi connectivity index (χ0n) is 10.8. The molecule has 0 spiro atoms. The third kappa shape index (κ3) is 2.94. The summed E-state index contributed by atoms with van der Waals surface area (Å²) in [5.74, 6) is 0. The minimum atomic E-state index is 0.101. The lowest BCUT2D eigenvalue weighted by Crippen LogP contribution is -2.35. The van der Waals surface area contributed by atoms with E-state index in [9.17, 15) is 0 Å². The van der Waals surface area contributed by atoms with E-state index < -0.39 is 0 Å². The predicted molar refractivity (Wildman–Crippen MR) is 66.9 cm³/mol. The molecule has 0 amide bonds. The van der Waals surface area contributed by atoms with E-state index in [2.05, 4.69) is 36.2 Å². The molecule has 2 aromatic heterocycles. The van der Waals surface area contributed by atoms with Gasteiger partial charge in [0.25, 0.3) is 0 Å². The SMILES string of the molecule is Cn1cc(-n2cncc2CNC(C)(C)C)cn1. The molecule has 2 heterocycles. The van der Waals surface area contributed by atoms with E-state index in [-0.39, 0.29) is 5.54 Å². The van der Waals surface area contributed by atoms with Crippen molar-refractivity contribution in [2.45, 2.75) is 32.9 Å². The molecular formula is C12H19N5. The van der Waals surface area contributed by atoms with Gasteiger partial charge in [0, 0.05) is 31.5 Å². The Kier molecular flexibility index (Phi) is 3.02. The van der Waals surface area contributed by atoms with Crippen molar-refractivity contribution in [2.24, 2.45) is 7.05 Å².